The second kappa shape index (κ2) is 9.19. The van der Waals surface area contributed by atoms with Crippen molar-refractivity contribution < 1.29 is 22.7 Å². The molecule has 1 fully saturated rings. The topological polar surface area (TPSA) is 34.5 Å². The van der Waals surface area contributed by atoms with E-state index in [0.717, 1.165) is 21.9 Å². The summed E-state index contributed by atoms with van der Waals surface area (Å²) in [5, 5.41) is 0.987. The van der Waals surface area contributed by atoms with E-state index in [9.17, 15) is 18.0 Å². The molecule has 4 nitrogen and oxygen atoms in total. The maximum atomic E-state index is 13.0. The number of benzene rings is 2. The third-order valence-corrected chi connectivity index (χ3v) is 6.59. The van der Waals surface area contributed by atoms with Gasteiger partial charge in [0.2, 0.25) is 5.91 Å². The Morgan fingerprint density at radius 3 is 2.53 bits per heavy atom. The average Bonchev–Trinajstić information content (AvgIpc) is 3.09. The number of halogens is 3. The van der Waals surface area contributed by atoms with Crippen LogP contribution in [0.5, 0.6) is 0 Å². The molecular weight excluding hydrogens is 437 g/mol. The second-order valence-electron chi connectivity index (χ2n) is 8.18. The van der Waals surface area contributed by atoms with Crippen molar-refractivity contribution >= 4 is 28.6 Å². The summed E-state index contributed by atoms with van der Waals surface area (Å²) >= 11 is 1.47. The summed E-state index contributed by atoms with van der Waals surface area (Å²) in [5.74, 6) is 0.437. The van der Waals surface area contributed by atoms with Crippen LogP contribution in [0.25, 0.3) is 10.9 Å². The minimum absolute atomic E-state index is 0.00249. The zero-order valence-electron chi connectivity index (χ0n) is 17.9. The highest BCUT2D eigenvalue weighted by atomic mass is 32.2. The highest BCUT2D eigenvalue weighted by Gasteiger charge is 2.30. The number of hydrogen-bond donors (Lipinski definition) is 0. The largest absolute Gasteiger partial charge is 0.416 e. The van der Waals surface area contributed by atoms with Crippen molar-refractivity contribution in [3.05, 3.63) is 65.9 Å². The molecule has 2 atom stereocenters. The van der Waals surface area contributed by atoms with Gasteiger partial charge in [0.15, 0.2) is 0 Å². The molecule has 0 radical (unpaired) electrons. The highest BCUT2D eigenvalue weighted by Crippen LogP contribution is 2.34. The molecule has 4 rings (SSSR count). The summed E-state index contributed by atoms with van der Waals surface area (Å²) in [4.78, 5) is 15.7. The molecule has 0 aliphatic carbocycles. The van der Waals surface area contributed by atoms with E-state index in [-0.39, 0.29) is 24.7 Å². The Hall–Kier alpha value is -2.45. The molecule has 170 valence electrons. The van der Waals surface area contributed by atoms with Gasteiger partial charge in [0.05, 0.1) is 17.8 Å². The molecule has 2 heterocycles. The van der Waals surface area contributed by atoms with Crippen molar-refractivity contribution in [2.24, 2.45) is 0 Å². The number of morpholine rings is 1. The monoisotopic (exact) mass is 462 g/mol. The van der Waals surface area contributed by atoms with E-state index in [1.165, 1.54) is 23.9 Å². The zero-order valence-corrected chi connectivity index (χ0v) is 18.7. The van der Waals surface area contributed by atoms with Gasteiger partial charge < -0.3 is 14.2 Å². The predicted octanol–water partition coefficient (Wildman–Crippen LogP) is 5.59. The summed E-state index contributed by atoms with van der Waals surface area (Å²) in [6, 6.07) is 13.2. The number of para-hydroxylation sites is 1. The van der Waals surface area contributed by atoms with E-state index in [1.807, 2.05) is 53.8 Å². The number of aromatic nitrogens is 1. The van der Waals surface area contributed by atoms with Crippen LogP contribution in [-0.4, -0.2) is 40.7 Å². The maximum absolute atomic E-state index is 13.0. The van der Waals surface area contributed by atoms with Crippen LogP contribution in [-0.2, 0) is 28.0 Å². The molecule has 0 spiro atoms. The Morgan fingerprint density at radius 2 is 1.81 bits per heavy atom. The third kappa shape index (κ3) is 5.13. The summed E-state index contributed by atoms with van der Waals surface area (Å²) in [7, 11) is 0. The Morgan fingerprint density at radius 1 is 1.09 bits per heavy atom. The quantitative estimate of drug-likeness (QED) is 0.464. The Labute approximate surface area is 189 Å². The van der Waals surface area contributed by atoms with Gasteiger partial charge in [-0.3, -0.25) is 4.79 Å². The lowest BCUT2D eigenvalue weighted by molar-refractivity contribution is -0.143. The van der Waals surface area contributed by atoms with Gasteiger partial charge in [-0.25, -0.2) is 0 Å². The third-order valence-electron chi connectivity index (χ3n) is 5.48. The summed E-state index contributed by atoms with van der Waals surface area (Å²) in [6.07, 6.45) is -2.43. The van der Waals surface area contributed by atoms with Crippen molar-refractivity contribution in [3.8, 4) is 0 Å². The van der Waals surface area contributed by atoms with E-state index in [1.54, 1.807) is 6.07 Å². The number of fused-ring (bicyclic) bond motifs is 1. The van der Waals surface area contributed by atoms with Crippen LogP contribution in [0.3, 0.4) is 0 Å². The molecule has 32 heavy (non-hydrogen) atoms. The SMILES string of the molecule is CC1CN(C(=O)Cn2cc(SCc3cccc(C(F)(F)F)c3)c3ccccc32)CC(C)O1. The molecule has 1 amide bonds. The predicted molar refractivity (Wildman–Crippen MR) is 120 cm³/mol. The standard InChI is InChI=1S/C24H25F3N2O2S/c1-16-11-29(12-17(2)31-16)23(30)14-28-13-22(20-8-3-4-9-21(20)28)32-15-18-6-5-7-19(10-18)24(25,26)27/h3-10,13,16-17H,11-12,14-15H2,1-2H3. The first kappa shape index (κ1) is 22.7. The van der Waals surface area contributed by atoms with Crippen LogP contribution >= 0.6 is 11.8 Å². The van der Waals surface area contributed by atoms with Crippen molar-refractivity contribution in [3.63, 3.8) is 0 Å². The van der Waals surface area contributed by atoms with Gasteiger partial charge >= 0.3 is 6.18 Å². The summed E-state index contributed by atoms with van der Waals surface area (Å²) in [5.41, 5.74) is 0.897. The number of carbonyl (C=O) groups excluding carboxylic acids is 1. The van der Waals surface area contributed by atoms with Gasteiger partial charge in [-0.1, -0.05) is 36.4 Å². The highest BCUT2D eigenvalue weighted by molar-refractivity contribution is 7.98. The van der Waals surface area contributed by atoms with E-state index in [4.69, 9.17) is 4.74 Å². The van der Waals surface area contributed by atoms with Crippen molar-refractivity contribution in [2.75, 3.05) is 13.1 Å². The minimum atomic E-state index is -4.36. The zero-order chi connectivity index (χ0) is 22.9. The number of hydrogen-bond acceptors (Lipinski definition) is 3. The molecular formula is C24H25F3N2O2S. The van der Waals surface area contributed by atoms with Gasteiger partial charge in [0, 0.05) is 40.8 Å². The van der Waals surface area contributed by atoms with Crippen LogP contribution in [0.4, 0.5) is 13.2 Å². The molecule has 1 aromatic heterocycles. The fraction of sp³-hybridized carbons (Fsp3) is 0.375. The number of ether oxygens (including phenoxy) is 1. The number of alkyl halides is 3. The lowest BCUT2D eigenvalue weighted by Crippen LogP contribution is -2.49. The lowest BCUT2D eigenvalue weighted by atomic mass is 10.1. The molecule has 0 N–H and O–H groups in total. The van der Waals surface area contributed by atoms with Crippen LogP contribution in [0.15, 0.2) is 59.6 Å². The van der Waals surface area contributed by atoms with Gasteiger partial charge in [0.25, 0.3) is 0 Å². The number of nitrogens with zero attached hydrogens (tertiary/aromatic N) is 2. The fourth-order valence-corrected chi connectivity index (χ4v) is 5.12. The lowest BCUT2D eigenvalue weighted by Gasteiger charge is -2.35. The van der Waals surface area contributed by atoms with Crippen LogP contribution in [0.2, 0.25) is 0 Å². The Balaban J connectivity index is 1.52. The van der Waals surface area contributed by atoms with Crippen molar-refractivity contribution in [1.82, 2.24) is 9.47 Å². The Kier molecular flexibility index (Phi) is 6.53. The first-order valence-electron chi connectivity index (χ1n) is 10.5. The number of rotatable bonds is 5. The van der Waals surface area contributed by atoms with E-state index in [0.29, 0.717) is 24.4 Å². The van der Waals surface area contributed by atoms with Gasteiger partial charge in [-0.2, -0.15) is 13.2 Å². The molecule has 2 unspecified atom stereocenters. The van der Waals surface area contributed by atoms with Crippen molar-refractivity contribution in [2.45, 2.75) is 49.4 Å². The van der Waals surface area contributed by atoms with Crippen LogP contribution in [0, 0.1) is 0 Å². The molecule has 2 aromatic carbocycles. The van der Waals surface area contributed by atoms with Crippen LogP contribution in [0.1, 0.15) is 25.0 Å². The number of amides is 1. The van der Waals surface area contributed by atoms with Gasteiger partial charge in [-0.15, -0.1) is 11.8 Å². The molecule has 0 saturated carbocycles. The summed E-state index contributed by atoms with van der Waals surface area (Å²) in [6.45, 7) is 5.27. The van der Waals surface area contributed by atoms with E-state index < -0.39 is 11.7 Å². The molecule has 0 bridgehead atoms. The first-order chi connectivity index (χ1) is 15.2. The average molecular weight is 463 g/mol. The second-order valence-corrected chi connectivity index (χ2v) is 9.20. The smallest absolute Gasteiger partial charge is 0.372 e. The normalized spacial score (nSPS) is 19.5. The molecule has 3 aromatic rings. The van der Waals surface area contributed by atoms with E-state index >= 15 is 0 Å². The molecule has 8 heteroatoms. The Bertz CT molecular complexity index is 1100. The van der Waals surface area contributed by atoms with Crippen LogP contribution < -0.4 is 0 Å². The van der Waals surface area contributed by atoms with E-state index in [2.05, 4.69) is 0 Å². The molecule has 1 saturated heterocycles. The fourth-order valence-electron chi connectivity index (χ4n) is 4.08. The number of carbonyl (C=O) groups is 1. The minimum Gasteiger partial charge on any atom is -0.372 e. The summed E-state index contributed by atoms with van der Waals surface area (Å²) < 4.78 is 46.7. The first-order valence-corrected chi connectivity index (χ1v) is 11.5. The van der Waals surface area contributed by atoms with Gasteiger partial charge in [0.1, 0.15) is 6.54 Å². The van der Waals surface area contributed by atoms with Gasteiger partial charge in [-0.05, 0) is 31.5 Å². The maximum Gasteiger partial charge on any atom is 0.416 e. The molecule has 1 aliphatic rings. The number of thioether (sulfide) groups is 1. The van der Waals surface area contributed by atoms with Crippen molar-refractivity contribution in [1.29, 1.82) is 0 Å². The molecule has 1 aliphatic heterocycles.